The van der Waals surface area contributed by atoms with Gasteiger partial charge in [-0.15, -0.1) is 0 Å². The van der Waals surface area contributed by atoms with Crippen LogP contribution in [0.1, 0.15) is 60.3 Å². The Morgan fingerprint density at radius 3 is 1.79 bits per heavy atom. The van der Waals surface area contributed by atoms with Gasteiger partial charge in [0.1, 0.15) is 0 Å². The highest BCUT2D eigenvalue weighted by Gasteiger charge is 2.10. The topological polar surface area (TPSA) is 12.0 Å². The van der Waals surface area contributed by atoms with Crippen LogP contribution in [0, 0.1) is 11.8 Å². The maximum absolute atomic E-state index is 3.70. The molecule has 0 bridgehead atoms. The Balaban J connectivity index is 3.68. The zero-order chi connectivity index (χ0) is 11.0. The lowest BCUT2D eigenvalue weighted by Gasteiger charge is -2.22. The van der Waals surface area contributed by atoms with E-state index in [0.717, 1.165) is 17.9 Å². The minimum Gasteiger partial charge on any atom is -0.314 e. The van der Waals surface area contributed by atoms with Crippen LogP contribution in [0.4, 0.5) is 0 Å². The van der Waals surface area contributed by atoms with Crippen molar-refractivity contribution < 1.29 is 0 Å². The van der Waals surface area contributed by atoms with Crippen LogP contribution in [0.15, 0.2) is 0 Å². The Labute approximate surface area is 90.7 Å². The van der Waals surface area contributed by atoms with Gasteiger partial charge in [-0.2, -0.15) is 0 Å². The lowest BCUT2D eigenvalue weighted by Crippen LogP contribution is -2.33. The van der Waals surface area contributed by atoms with Gasteiger partial charge in [-0.1, -0.05) is 47.5 Å². The molecule has 0 aromatic rings. The second-order valence-corrected chi connectivity index (χ2v) is 4.90. The molecule has 0 radical (unpaired) electrons. The number of rotatable bonds is 8. The summed E-state index contributed by atoms with van der Waals surface area (Å²) in [7, 11) is 0. The Morgan fingerprint density at radius 1 is 0.929 bits per heavy atom. The molecule has 1 atom stereocenters. The average Bonchev–Trinajstić information content (AvgIpc) is 2.14. The molecule has 0 spiro atoms. The molecule has 0 fully saturated rings. The highest BCUT2D eigenvalue weighted by molar-refractivity contribution is 4.68. The van der Waals surface area contributed by atoms with Crippen LogP contribution in [0.5, 0.6) is 0 Å². The van der Waals surface area contributed by atoms with E-state index in [1.54, 1.807) is 0 Å². The van der Waals surface area contributed by atoms with Crippen molar-refractivity contribution in [3.63, 3.8) is 0 Å². The molecule has 86 valence electrons. The van der Waals surface area contributed by atoms with E-state index in [-0.39, 0.29) is 0 Å². The van der Waals surface area contributed by atoms with E-state index in [9.17, 15) is 0 Å². The maximum Gasteiger partial charge on any atom is 0.00669 e. The third kappa shape index (κ3) is 6.42. The van der Waals surface area contributed by atoms with Crippen molar-refractivity contribution in [2.24, 2.45) is 11.8 Å². The molecule has 0 rings (SSSR count). The Morgan fingerprint density at radius 2 is 1.43 bits per heavy atom. The lowest BCUT2D eigenvalue weighted by atomic mass is 9.97. The van der Waals surface area contributed by atoms with E-state index in [4.69, 9.17) is 0 Å². The first kappa shape index (κ1) is 14.0. The summed E-state index contributed by atoms with van der Waals surface area (Å²) < 4.78 is 0. The highest BCUT2D eigenvalue weighted by Crippen LogP contribution is 2.10. The zero-order valence-electron chi connectivity index (χ0n) is 10.8. The Hall–Kier alpha value is -0.0400. The van der Waals surface area contributed by atoms with Crippen molar-refractivity contribution in [1.82, 2.24) is 5.32 Å². The van der Waals surface area contributed by atoms with E-state index < -0.39 is 0 Å². The van der Waals surface area contributed by atoms with Crippen LogP contribution in [0.3, 0.4) is 0 Å². The second kappa shape index (κ2) is 8.28. The van der Waals surface area contributed by atoms with Crippen LogP contribution in [0.2, 0.25) is 0 Å². The van der Waals surface area contributed by atoms with Crippen molar-refractivity contribution in [3.05, 3.63) is 0 Å². The lowest BCUT2D eigenvalue weighted by molar-refractivity contribution is 0.349. The van der Waals surface area contributed by atoms with Gasteiger partial charge in [0, 0.05) is 6.04 Å². The molecule has 0 aromatic heterocycles. The number of hydrogen-bond acceptors (Lipinski definition) is 1. The number of hydrogen-bond donors (Lipinski definition) is 1. The molecule has 0 aliphatic carbocycles. The maximum atomic E-state index is 3.70. The predicted molar refractivity (Wildman–Crippen MR) is 65.6 cm³/mol. The molecule has 0 aliphatic rings. The van der Waals surface area contributed by atoms with Gasteiger partial charge >= 0.3 is 0 Å². The van der Waals surface area contributed by atoms with Gasteiger partial charge in [0.15, 0.2) is 0 Å². The third-order valence-electron chi connectivity index (χ3n) is 3.14. The molecular weight excluding hydrogens is 170 g/mol. The predicted octanol–water partition coefficient (Wildman–Crippen LogP) is 3.84. The summed E-state index contributed by atoms with van der Waals surface area (Å²) in [5.41, 5.74) is 0. The molecular formula is C13H29N. The third-order valence-corrected chi connectivity index (χ3v) is 3.14. The molecule has 14 heavy (non-hydrogen) atoms. The van der Waals surface area contributed by atoms with E-state index in [0.29, 0.717) is 0 Å². The summed E-state index contributed by atoms with van der Waals surface area (Å²) in [4.78, 5) is 0. The van der Waals surface area contributed by atoms with Gasteiger partial charge < -0.3 is 5.32 Å². The quantitative estimate of drug-likeness (QED) is 0.626. The minimum absolute atomic E-state index is 0.756. The van der Waals surface area contributed by atoms with Crippen LogP contribution in [-0.4, -0.2) is 12.6 Å². The SMILES string of the molecule is CCCC(CCC)NCC(C)C(C)C. The summed E-state index contributed by atoms with van der Waals surface area (Å²) in [6.07, 6.45) is 5.26. The van der Waals surface area contributed by atoms with Crippen molar-refractivity contribution in [1.29, 1.82) is 0 Å². The second-order valence-electron chi connectivity index (χ2n) is 4.90. The summed E-state index contributed by atoms with van der Waals surface area (Å²) in [6.45, 7) is 12.7. The fourth-order valence-corrected chi connectivity index (χ4v) is 1.63. The summed E-state index contributed by atoms with van der Waals surface area (Å²) in [5.74, 6) is 1.60. The van der Waals surface area contributed by atoms with Gasteiger partial charge in [-0.3, -0.25) is 0 Å². The van der Waals surface area contributed by atoms with Crippen LogP contribution in [0.25, 0.3) is 0 Å². The van der Waals surface area contributed by atoms with Crippen molar-refractivity contribution >= 4 is 0 Å². The summed E-state index contributed by atoms with van der Waals surface area (Å²) in [5, 5.41) is 3.70. The highest BCUT2D eigenvalue weighted by atomic mass is 14.9. The van der Waals surface area contributed by atoms with Gasteiger partial charge in [-0.05, 0) is 31.2 Å². The smallest absolute Gasteiger partial charge is 0.00669 e. The summed E-state index contributed by atoms with van der Waals surface area (Å²) in [6, 6.07) is 0.756. The molecule has 0 saturated carbocycles. The van der Waals surface area contributed by atoms with Crippen LogP contribution >= 0.6 is 0 Å². The molecule has 0 saturated heterocycles. The monoisotopic (exact) mass is 199 g/mol. The summed E-state index contributed by atoms with van der Waals surface area (Å²) >= 11 is 0. The van der Waals surface area contributed by atoms with Crippen LogP contribution in [-0.2, 0) is 0 Å². The molecule has 0 heterocycles. The molecule has 0 aromatic carbocycles. The van der Waals surface area contributed by atoms with Gasteiger partial charge in [0.25, 0.3) is 0 Å². The fraction of sp³-hybridized carbons (Fsp3) is 1.00. The Bertz CT molecular complexity index is 114. The van der Waals surface area contributed by atoms with Crippen molar-refractivity contribution in [2.45, 2.75) is 66.3 Å². The van der Waals surface area contributed by atoms with Gasteiger partial charge in [0.05, 0.1) is 0 Å². The molecule has 1 unspecified atom stereocenters. The molecule has 0 amide bonds. The zero-order valence-corrected chi connectivity index (χ0v) is 10.8. The first-order valence-corrected chi connectivity index (χ1v) is 6.35. The Kier molecular flexibility index (Phi) is 8.26. The minimum atomic E-state index is 0.756. The van der Waals surface area contributed by atoms with Crippen molar-refractivity contribution in [2.75, 3.05) is 6.54 Å². The van der Waals surface area contributed by atoms with Gasteiger partial charge in [0.2, 0.25) is 0 Å². The number of nitrogens with one attached hydrogen (secondary N) is 1. The first-order chi connectivity index (χ1) is 6.61. The van der Waals surface area contributed by atoms with E-state index in [1.165, 1.54) is 32.2 Å². The van der Waals surface area contributed by atoms with Gasteiger partial charge in [-0.25, -0.2) is 0 Å². The molecule has 0 aliphatic heterocycles. The van der Waals surface area contributed by atoms with Crippen molar-refractivity contribution in [3.8, 4) is 0 Å². The molecule has 1 nitrogen and oxygen atoms in total. The molecule has 1 heteroatoms. The first-order valence-electron chi connectivity index (χ1n) is 6.35. The largest absolute Gasteiger partial charge is 0.314 e. The average molecular weight is 199 g/mol. The normalized spacial score (nSPS) is 13.9. The van der Waals surface area contributed by atoms with Crippen LogP contribution < -0.4 is 5.32 Å². The van der Waals surface area contributed by atoms with E-state index >= 15 is 0 Å². The standard InChI is InChI=1S/C13H29N/c1-6-8-13(9-7-2)14-10-12(5)11(3)4/h11-14H,6-10H2,1-5H3. The molecule has 1 N–H and O–H groups in total. The van der Waals surface area contributed by atoms with E-state index in [1.807, 2.05) is 0 Å². The van der Waals surface area contributed by atoms with E-state index in [2.05, 4.69) is 39.9 Å². The fourth-order valence-electron chi connectivity index (χ4n) is 1.63.